The molecule has 1 aliphatic carbocycles. The molecule has 0 spiro atoms. The number of aryl methyl sites for hydroxylation is 1. The molecule has 0 unspecified atom stereocenters. The summed E-state index contributed by atoms with van der Waals surface area (Å²) in [6.07, 6.45) is 7.80. The first-order valence-electron chi connectivity index (χ1n) is 5.16. The Morgan fingerprint density at radius 2 is 1.77 bits per heavy atom. The van der Waals surface area contributed by atoms with Crippen LogP contribution < -0.4 is 0 Å². The van der Waals surface area contributed by atoms with Crippen molar-refractivity contribution < 1.29 is 4.42 Å². The Balaban J connectivity index is 2.06. The summed E-state index contributed by atoms with van der Waals surface area (Å²) in [7, 11) is 0. The van der Waals surface area contributed by atoms with Crippen LogP contribution in [0.15, 0.2) is 4.42 Å². The van der Waals surface area contributed by atoms with E-state index in [2.05, 4.69) is 10.2 Å². The third-order valence-corrected chi connectivity index (χ3v) is 2.75. The lowest BCUT2D eigenvalue weighted by Crippen LogP contribution is -1.97. The smallest absolute Gasteiger partial charge is 0.219 e. The zero-order valence-electron chi connectivity index (χ0n) is 8.12. The maximum atomic E-state index is 5.46. The van der Waals surface area contributed by atoms with Gasteiger partial charge in [-0.3, -0.25) is 0 Å². The molecule has 1 aromatic rings. The molecule has 0 saturated heterocycles. The second-order valence-electron chi connectivity index (χ2n) is 3.85. The highest BCUT2D eigenvalue weighted by Gasteiger charge is 2.19. The molecule has 1 heterocycles. The van der Waals surface area contributed by atoms with Gasteiger partial charge in [-0.15, -0.1) is 10.2 Å². The zero-order chi connectivity index (χ0) is 9.10. The van der Waals surface area contributed by atoms with E-state index in [9.17, 15) is 0 Å². The number of rotatable bonds is 1. The van der Waals surface area contributed by atoms with Gasteiger partial charge < -0.3 is 4.42 Å². The van der Waals surface area contributed by atoms with Gasteiger partial charge in [0.05, 0.1) is 0 Å². The molecule has 3 nitrogen and oxygen atoms in total. The predicted octanol–water partition coefficient (Wildman–Crippen LogP) is 2.82. The molecule has 0 amide bonds. The summed E-state index contributed by atoms with van der Waals surface area (Å²) in [5, 5.41) is 7.97. The van der Waals surface area contributed by atoms with Crippen molar-refractivity contribution >= 4 is 0 Å². The van der Waals surface area contributed by atoms with Crippen molar-refractivity contribution in [1.82, 2.24) is 10.2 Å². The first kappa shape index (κ1) is 8.73. The highest BCUT2D eigenvalue weighted by Crippen LogP contribution is 2.30. The summed E-state index contributed by atoms with van der Waals surface area (Å²) in [5.41, 5.74) is 0. The normalized spacial score (nSPS) is 20.1. The summed E-state index contributed by atoms with van der Waals surface area (Å²) in [6.45, 7) is 1.85. The van der Waals surface area contributed by atoms with E-state index in [0.717, 1.165) is 5.89 Å². The molecule has 72 valence electrons. The molecule has 1 aromatic heterocycles. The van der Waals surface area contributed by atoms with Crippen LogP contribution >= 0.6 is 0 Å². The Morgan fingerprint density at radius 1 is 1.08 bits per heavy atom. The molecule has 0 aromatic carbocycles. The van der Waals surface area contributed by atoms with Gasteiger partial charge in [0.15, 0.2) is 0 Å². The molecule has 2 rings (SSSR count). The van der Waals surface area contributed by atoms with Gasteiger partial charge in [0.2, 0.25) is 11.8 Å². The van der Waals surface area contributed by atoms with Gasteiger partial charge in [-0.1, -0.05) is 25.7 Å². The molecular weight excluding hydrogens is 164 g/mol. The second-order valence-corrected chi connectivity index (χ2v) is 3.85. The molecule has 13 heavy (non-hydrogen) atoms. The standard InChI is InChI=1S/C10H16N2O/c1-8-11-12-10(13-8)9-6-4-2-3-5-7-9/h9H,2-7H2,1H3. The van der Waals surface area contributed by atoms with Gasteiger partial charge in [0.25, 0.3) is 0 Å². The SMILES string of the molecule is Cc1nnc(C2CCCCCC2)o1. The summed E-state index contributed by atoms with van der Waals surface area (Å²) < 4.78 is 5.46. The lowest BCUT2D eigenvalue weighted by Gasteiger charge is -2.07. The van der Waals surface area contributed by atoms with Crippen molar-refractivity contribution in [2.24, 2.45) is 0 Å². The highest BCUT2D eigenvalue weighted by molar-refractivity contribution is 4.91. The fourth-order valence-electron chi connectivity index (χ4n) is 2.00. The van der Waals surface area contributed by atoms with Crippen LogP contribution in [0.3, 0.4) is 0 Å². The van der Waals surface area contributed by atoms with E-state index >= 15 is 0 Å². The van der Waals surface area contributed by atoms with E-state index < -0.39 is 0 Å². The lowest BCUT2D eigenvalue weighted by atomic mass is 10.0. The van der Waals surface area contributed by atoms with E-state index in [0.29, 0.717) is 11.8 Å². The molecule has 1 fully saturated rings. The monoisotopic (exact) mass is 180 g/mol. The second kappa shape index (κ2) is 3.90. The molecule has 0 atom stereocenters. The average molecular weight is 180 g/mol. The largest absolute Gasteiger partial charge is 0.425 e. The first-order valence-corrected chi connectivity index (χ1v) is 5.16. The van der Waals surface area contributed by atoms with Crippen LogP contribution in [-0.2, 0) is 0 Å². The molecular formula is C10H16N2O. The van der Waals surface area contributed by atoms with Crippen LogP contribution in [-0.4, -0.2) is 10.2 Å². The molecule has 0 radical (unpaired) electrons. The van der Waals surface area contributed by atoms with Crippen LogP contribution in [0.2, 0.25) is 0 Å². The van der Waals surface area contributed by atoms with Crippen molar-refractivity contribution in [3.05, 3.63) is 11.8 Å². The van der Waals surface area contributed by atoms with Crippen LogP contribution in [0.4, 0.5) is 0 Å². The minimum atomic E-state index is 0.531. The highest BCUT2D eigenvalue weighted by atomic mass is 16.4. The predicted molar refractivity (Wildman–Crippen MR) is 49.5 cm³/mol. The Bertz CT molecular complexity index is 262. The third kappa shape index (κ3) is 2.08. The van der Waals surface area contributed by atoms with Gasteiger partial charge in [-0.2, -0.15) is 0 Å². The van der Waals surface area contributed by atoms with Crippen LogP contribution in [0.1, 0.15) is 56.2 Å². The summed E-state index contributed by atoms with van der Waals surface area (Å²) in [4.78, 5) is 0. The van der Waals surface area contributed by atoms with Crippen LogP contribution in [0.25, 0.3) is 0 Å². The topological polar surface area (TPSA) is 38.9 Å². The zero-order valence-corrected chi connectivity index (χ0v) is 8.12. The first-order chi connectivity index (χ1) is 6.36. The minimum absolute atomic E-state index is 0.531. The van der Waals surface area contributed by atoms with Crippen LogP contribution in [0.5, 0.6) is 0 Å². The van der Waals surface area contributed by atoms with Gasteiger partial charge in [0.1, 0.15) is 0 Å². The van der Waals surface area contributed by atoms with Gasteiger partial charge in [0, 0.05) is 12.8 Å². The quantitative estimate of drug-likeness (QED) is 0.624. The number of hydrogen-bond donors (Lipinski definition) is 0. The van der Waals surface area contributed by atoms with E-state index in [-0.39, 0.29) is 0 Å². The van der Waals surface area contributed by atoms with Gasteiger partial charge >= 0.3 is 0 Å². The summed E-state index contributed by atoms with van der Waals surface area (Å²) >= 11 is 0. The number of hydrogen-bond acceptors (Lipinski definition) is 3. The van der Waals surface area contributed by atoms with E-state index in [1.54, 1.807) is 0 Å². The Kier molecular flexibility index (Phi) is 2.62. The van der Waals surface area contributed by atoms with Gasteiger partial charge in [-0.05, 0) is 12.8 Å². The Hall–Kier alpha value is -0.860. The third-order valence-electron chi connectivity index (χ3n) is 2.75. The number of nitrogens with zero attached hydrogens (tertiary/aromatic N) is 2. The fraction of sp³-hybridized carbons (Fsp3) is 0.800. The lowest BCUT2D eigenvalue weighted by molar-refractivity contribution is 0.405. The van der Waals surface area contributed by atoms with Crippen molar-refractivity contribution in [2.45, 2.75) is 51.4 Å². The van der Waals surface area contributed by atoms with Crippen molar-refractivity contribution in [1.29, 1.82) is 0 Å². The molecule has 0 aliphatic heterocycles. The maximum Gasteiger partial charge on any atom is 0.219 e. The van der Waals surface area contributed by atoms with E-state index in [1.165, 1.54) is 38.5 Å². The summed E-state index contributed by atoms with van der Waals surface area (Å²) in [5.74, 6) is 2.09. The van der Waals surface area contributed by atoms with Crippen molar-refractivity contribution in [3.63, 3.8) is 0 Å². The molecule has 0 bridgehead atoms. The molecule has 1 aliphatic rings. The molecule has 1 saturated carbocycles. The van der Waals surface area contributed by atoms with Gasteiger partial charge in [-0.25, -0.2) is 0 Å². The van der Waals surface area contributed by atoms with Crippen molar-refractivity contribution in [3.8, 4) is 0 Å². The number of aromatic nitrogens is 2. The van der Waals surface area contributed by atoms with Crippen molar-refractivity contribution in [2.75, 3.05) is 0 Å². The Labute approximate surface area is 78.5 Å². The Morgan fingerprint density at radius 3 is 2.31 bits per heavy atom. The van der Waals surface area contributed by atoms with Crippen LogP contribution in [0, 0.1) is 6.92 Å². The maximum absolute atomic E-state index is 5.46. The van der Waals surface area contributed by atoms with E-state index in [4.69, 9.17) is 4.42 Å². The molecule has 0 N–H and O–H groups in total. The molecule has 3 heteroatoms. The average Bonchev–Trinajstić information content (AvgIpc) is 2.43. The summed E-state index contributed by atoms with van der Waals surface area (Å²) in [6, 6.07) is 0. The van der Waals surface area contributed by atoms with E-state index in [1.807, 2.05) is 6.92 Å². The fourth-order valence-corrected chi connectivity index (χ4v) is 2.00. The minimum Gasteiger partial charge on any atom is -0.425 e.